The third kappa shape index (κ3) is 20.2. The van der Waals surface area contributed by atoms with Gasteiger partial charge < -0.3 is 56.2 Å². The summed E-state index contributed by atoms with van der Waals surface area (Å²) in [7, 11) is 4.29. The summed E-state index contributed by atoms with van der Waals surface area (Å²) in [5.74, 6) is 2.04. The first-order chi connectivity index (χ1) is 42.0. The van der Waals surface area contributed by atoms with E-state index in [9.17, 15) is 18.0 Å². The van der Waals surface area contributed by atoms with Gasteiger partial charge in [-0.25, -0.2) is 0 Å². The largest absolute Gasteiger partial charge is 0.417 e. The van der Waals surface area contributed by atoms with Gasteiger partial charge in [-0.15, -0.1) is 0 Å². The normalized spacial score (nSPS) is 30.1. The first kappa shape index (κ1) is 71.8. The van der Waals surface area contributed by atoms with Crippen molar-refractivity contribution in [1.82, 2.24) is 56.4 Å². The Morgan fingerprint density at radius 3 is 2.30 bits per heavy atom. The minimum Gasteiger partial charge on any atom is -0.390 e. The average molecular weight is 1250 g/mol. The second-order valence-corrected chi connectivity index (χ2v) is 28.7. The molecule has 7 rings (SSSR count). The van der Waals surface area contributed by atoms with Crippen LogP contribution in [-0.4, -0.2) is 169 Å². The Kier molecular flexibility index (Phi) is 28.0. The second-order valence-electron chi connectivity index (χ2n) is 28.3. The quantitative estimate of drug-likeness (QED) is 0.126. The van der Waals surface area contributed by atoms with Crippen LogP contribution >= 0.6 is 11.6 Å². The lowest BCUT2D eigenvalue weighted by molar-refractivity contribution is -0.161. The zero-order chi connectivity index (χ0) is 63.7. The smallest absolute Gasteiger partial charge is 0.390 e. The molecule has 0 aromatic heterocycles. The fourth-order valence-corrected chi connectivity index (χ4v) is 15.7. The van der Waals surface area contributed by atoms with E-state index in [1.54, 1.807) is 0 Å². The number of rotatable bonds is 11. The number of halogens is 4. The van der Waals surface area contributed by atoms with Crippen LogP contribution in [0.25, 0.3) is 0 Å². The van der Waals surface area contributed by atoms with Crippen molar-refractivity contribution in [1.29, 1.82) is 0 Å². The maximum Gasteiger partial charge on any atom is 0.417 e. The van der Waals surface area contributed by atoms with Gasteiger partial charge in [-0.1, -0.05) is 111 Å². The number of allylic oxidation sites excluding steroid dienone is 3. The Morgan fingerprint density at radius 1 is 0.875 bits per heavy atom. The summed E-state index contributed by atoms with van der Waals surface area (Å²) >= 11 is 6.19. The molecule has 2 aliphatic carbocycles. The topological polar surface area (TPSA) is 127 Å². The highest BCUT2D eigenvalue weighted by Crippen LogP contribution is 2.41. The average Bonchev–Trinajstić information content (AvgIpc) is 0.979. The summed E-state index contributed by atoms with van der Waals surface area (Å²) in [5, 5.41) is 23.8. The Hall–Kier alpha value is -3.68. The van der Waals surface area contributed by atoms with Crippen LogP contribution in [-0.2, 0) is 22.1 Å². The number of aryl methyl sites for hydroxylation is 1. The number of benzene rings is 1. The Balaban J connectivity index is 1.19. The van der Waals surface area contributed by atoms with E-state index in [0.717, 1.165) is 95.0 Å². The summed E-state index contributed by atoms with van der Waals surface area (Å²) in [6.07, 6.45) is 25.1. The van der Waals surface area contributed by atoms with Gasteiger partial charge in [0, 0.05) is 162 Å². The maximum absolute atomic E-state index is 14.6. The van der Waals surface area contributed by atoms with Crippen molar-refractivity contribution >= 4 is 23.2 Å². The lowest BCUT2D eigenvalue weighted by atomic mass is 9.74. The van der Waals surface area contributed by atoms with E-state index in [0.29, 0.717) is 62.9 Å². The van der Waals surface area contributed by atoms with Crippen LogP contribution in [0.2, 0.25) is 5.02 Å². The number of alkyl halides is 3. The van der Waals surface area contributed by atoms with Gasteiger partial charge in [-0.05, 0) is 140 Å². The van der Waals surface area contributed by atoms with E-state index in [4.69, 9.17) is 21.3 Å². The highest BCUT2D eigenvalue weighted by Gasteiger charge is 2.55. The van der Waals surface area contributed by atoms with Crippen molar-refractivity contribution in [3.05, 3.63) is 82.8 Å². The van der Waals surface area contributed by atoms with Crippen molar-refractivity contribution in [2.24, 2.45) is 34.6 Å². The number of hydrogen-bond acceptors (Lipinski definition) is 13. The van der Waals surface area contributed by atoms with E-state index >= 15 is 0 Å². The van der Waals surface area contributed by atoms with Crippen LogP contribution in [0.5, 0.6) is 0 Å². The molecule has 0 bridgehead atoms. The summed E-state index contributed by atoms with van der Waals surface area (Å²) in [5.41, 5.74) is 3.28. The van der Waals surface area contributed by atoms with Crippen LogP contribution in [0.15, 0.2) is 71.7 Å². The lowest BCUT2D eigenvalue weighted by Gasteiger charge is -2.60. The zero-order valence-electron chi connectivity index (χ0n) is 56.5. The minimum atomic E-state index is -4.52. The molecule has 1 spiro atoms. The van der Waals surface area contributed by atoms with Gasteiger partial charge in [0.15, 0.2) is 0 Å². The van der Waals surface area contributed by atoms with E-state index in [1.807, 2.05) is 29.6 Å². The molecule has 88 heavy (non-hydrogen) atoms. The molecule has 5 unspecified atom stereocenters. The second kappa shape index (κ2) is 34.3. The molecule has 4 heterocycles. The monoisotopic (exact) mass is 1250 g/mol. The molecule has 1 aromatic rings. The molecule has 6 aliphatic rings. The van der Waals surface area contributed by atoms with Crippen LogP contribution in [0.4, 0.5) is 13.2 Å². The van der Waals surface area contributed by atoms with Gasteiger partial charge in [0.1, 0.15) is 6.73 Å². The van der Waals surface area contributed by atoms with Crippen molar-refractivity contribution in [2.45, 2.75) is 245 Å². The van der Waals surface area contributed by atoms with Gasteiger partial charge in [0.2, 0.25) is 5.91 Å². The fourth-order valence-electron chi connectivity index (χ4n) is 15.4. The molecule has 11 atom stereocenters. The standard InChI is InChI=1S/C70H118ClF3N12O2/c1-14-50(6)64-42-79-63(39-48(2)3)52(8)78-43-65-66(68(87)84-37-38-88-47-84)55(11)86(65)67(49(4)5)53(9)81-69(29-18-19-30-69)46-76-33-32-75-31-28-58(26-24-57-25-27-61(62(71)41-57)70(72,73)74)77-34-36-82(12)44-60(40-56-21-16-15-17-22-56)83(13)45-59-23-20-35-85(59)54(10)51(7)80-64/h25,27-28,31,34,36,41,44-45,48-56,63-67,75-76,78-81H,14-24,26,29-30,32-33,35,37-40,42-43,46-47H2,1-13H3/t50-,51?,52?,53?,54-,55?,63-,64+,65?,66-,67-/m0/s1. The van der Waals surface area contributed by atoms with Gasteiger partial charge in [0.05, 0.1) is 23.1 Å². The predicted octanol–water partition coefficient (Wildman–Crippen LogP) is 12.1. The number of nitrogens with one attached hydrogen (secondary N) is 6. The number of nitrogens with zero attached hydrogens (tertiary/aromatic N) is 6. The number of carbonyl (C=O) groups is 1. The summed E-state index contributed by atoms with van der Waals surface area (Å²) < 4.78 is 46.8. The first-order valence-corrected chi connectivity index (χ1v) is 34.8. The van der Waals surface area contributed by atoms with E-state index in [2.05, 4.69) is 154 Å². The molecule has 0 radical (unpaired) electrons. The first-order valence-electron chi connectivity index (χ1n) is 34.5. The molecule has 18 heteroatoms. The van der Waals surface area contributed by atoms with E-state index < -0.39 is 11.7 Å². The van der Waals surface area contributed by atoms with Gasteiger partial charge >= 0.3 is 6.18 Å². The third-order valence-corrected chi connectivity index (χ3v) is 21.1. The van der Waals surface area contributed by atoms with E-state index in [-0.39, 0.29) is 76.8 Å². The number of ether oxygens (including phenoxy) is 1. The molecule has 2 saturated carbocycles. The molecular formula is C70H118ClF3N12O2. The number of carbonyl (C=O) groups excluding carboxylic acids is 1. The number of amides is 1. The summed E-state index contributed by atoms with van der Waals surface area (Å²) in [6.45, 7) is 32.5. The molecule has 1 aromatic carbocycles. The van der Waals surface area contributed by atoms with Crippen LogP contribution in [0, 0.1) is 29.6 Å². The number of hydrogen-bond donors (Lipinski definition) is 6. The van der Waals surface area contributed by atoms with Crippen molar-refractivity contribution in [3.63, 3.8) is 0 Å². The van der Waals surface area contributed by atoms with Crippen LogP contribution in [0.1, 0.15) is 184 Å². The SMILES string of the molecule is CC[C@H](C)[C@H]1CN[C@@H](CC(C)C)C(C)NCC2[C@@H](C(=O)N3CCOC3)C(C)N2[C@@H](C(C)C)C(C)NC2(CCCC2)CNCCNC=CC(CCc2ccc(C(F)(F)F)c(Cl)c2)=NC=CN(C)C=C(CC2CCCCC2)N(C)C=C2CCCN2[C@@H](C)C(C)N1. The summed E-state index contributed by atoms with van der Waals surface area (Å²) in [6, 6.07) is 5.71. The number of aliphatic imine (C=N–C) groups is 1. The number of fused-ring (bicyclic) bond motifs is 2. The van der Waals surface area contributed by atoms with Crippen molar-refractivity contribution in [3.8, 4) is 0 Å². The molecular weight excluding hydrogens is 1130 g/mol. The van der Waals surface area contributed by atoms with Gasteiger partial charge in [0.25, 0.3) is 0 Å². The molecule has 3 saturated heterocycles. The van der Waals surface area contributed by atoms with Crippen molar-refractivity contribution < 1.29 is 22.7 Å². The third-order valence-electron chi connectivity index (χ3n) is 20.8. The molecule has 14 nitrogen and oxygen atoms in total. The molecule has 6 N–H and O–H groups in total. The maximum atomic E-state index is 14.6. The molecule has 1 amide bonds. The van der Waals surface area contributed by atoms with Gasteiger partial charge in [-0.2, -0.15) is 13.2 Å². The van der Waals surface area contributed by atoms with Crippen LogP contribution < -0.4 is 31.9 Å². The van der Waals surface area contributed by atoms with E-state index in [1.165, 1.54) is 68.5 Å². The highest BCUT2D eigenvalue weighted by molar-refractivity contribution is 6.31. The zero-order valence-corrected chi connectivity index (χ0v) is 57.2. The van der Waals surface area contributed by atoms with Crippen molar-refractivity contribution in [2.75, 3.05) is 73.2 Å². The molecule has 498 valence electrons. The van der Waals surface area contributed by atoms with Crippen LogP contribution in [0.3, 0.4) is 0 Å². The lowest BCUT2D eigenvalue weighted by Crippen LogP contribution is -2.76. The Bertz CT molecular complexity index is 2450. The fraction of sp³-hybridized carbons (Fsp3) is 0.771. The predicted molar refractivity (Wildman–Crippen MR) is 358 cm³/mol. The molecule has 5 fully saturated rings. The highest BCUT2D eigenvalue weighted by atomic mass is 35.5. The Morgan fingerprint density at radius 2 is 1.62 bits per heavy atom. The summed E-state index contributed by atoms with van der Waals surface area (Å²) in [4.78, 5) is 31.3. The minimum absolute atomic E-state index is 0.0356. The Labute approximate surface area is 535 Å². The van der Waals surface area contributed by atoms with Gasteiger partial charge in [-0.3, -0.25) is 14.7 Å². The molecule has 4 aliphatic heterocycles.